The Morgan fingerprint density at radius 3 is 2.60 bits per heavy atom. The summed E-state index contributed by atoms with van der Waals surface area (Å²) in [4.78, 5) is 0. The van der Waals surface area contributed by atoms with Crippen LogP contribution >= 0.6 is 0 Å². The highest BCUT2D eigenvalue weighted by atomic mass is 14.9. The number of allylic oxidation sites excluding steroid dienone is 4. The molecule has 1 N–H and O–H groups in total. The Morgan fingerprint density at radius 1 is 1.20 bits per heavy atom. The van der Waals surface area contributed by atoms with Crippen molar-refractivity contribution in [2.24, 2.45) is 0 Å². The van der Waals surface area contributed by atoms with Crippen LogP contribution in [0.5, 0.6) is 0 Å². The van der Waals surface area contributed by atoms with E-state index in [9.17, 15) is 0 Å². The van der Waals surface area contributed by atoms with E-state index in [0.29, 0.717) is 0 Å². The minimum Gasteiger partial charge on any atom is -0.359 e. The summed E-state index contributed by atoms with van der Waals surface area (Å²) < 4.78 is 0. The van der Waals surface area contributed by atoms with Crippen molar-refractivity contribution in [2.75, 3.05) is 5.32 Å². The molecule has 0 saturated heterocycles. The van der Waals surface area contributed by atoms with E-state index in [-0.39, 0.29) is 0 Å². The lowest BCUT2D eigenvalue weighted by Crippen LogP contribution is -2.00. The van der Waals surface area contributed by atoms with Crippen LogP contribution in [0.15, 0.2) is 54.8 Å². The molecule has 0 heterocycles. The largest absolute Gasteiger partial charge is 0.359 e. The summed E-state index contributed by atoms with van der Waals surface area (Å²) in [5.74, 6) is 0. The Bertz CT molecular complexity index is 396. The first-order valence-corrected chi connectivity index (χ1v) is 5.24. The molecule has 2 rings (SSSR count). The van der Waals surface area contributed by atoms with Crippen molar-refractivity contribution in [1.82, 2.24) is 0 Å². The second-order valence-electron chi connectivity index (χ2n) is 3.61. The topological polar surface area (TPSA) is 12.0 Å². The van der Waals surface area contributed by atoms with E-state index in [0.717, 1.165) is 24.1 Å². The van der Waals surface area contributed by atoms with Gasteiger partial charge in [-0.25, -0.2) is 0 Å². The zero-order valence-corrected chi connectivity index (χ0v) is 8.74. The first kappa shape index (κ1) is 9.78. The molecule has 1 aromatic carbocycles. The van der Waals surface area contributed by atoms with Crippen LogP contribution in [0.25, 0.3) is 6.08 Å². The van der Waals surface area contributed by atoms with Crippen molar-refractivity contribution in [3.63, 3.8) is 0 Å². The van der Waals surface area contributed by atoms with Gasteiger partial charge in [-0.15, -0.1) is 0 Å². The number of anilines is 1. The van der Waals surface area contributed by atoms with Gasteiger partial charge < -0.3 is 5.32 Å². The Hall–Kier alpha value is -1.76. The lowest BCUT2D eigenvalue weighted by Gasteiger charge is -2.12. The summed E-state index contributed by atoms with van der Waals surface area (Å²) in [7, 11) is 0. The summed E-state index contributed by atoms with van der Waals surface area (Å²) >= 11 is 0. The van der Waals surface area contributed by atoms with Crippen LogP contribution in [0.3, 0.4) is 0 Å². The summed E-state index contributed by atoms with van der Waals surface area (Å²) in [5.41, 5.74) is 3.57. The molecule has 1 aliphatic carbocycles. The number of nitrogens with one attached hydrogen (secondary N) is 1. The molecule has 15 heavy (non-hydrogen) atoms. The molecular formula is C14H15N. The monoisotopic (exact) mass is 197 g/mol. The van der Waals surface area contributed by atoms with Gasteiger partial charge in [0.1, 0.15) is 0 Å². The first-order chi connectivity index (χ1) is 7.38. The van der Waals surface area contributed by atoms with Gasteiger partial charge in [0.05, 0.1) is 0 Å². The third-order valence-corrected chi connectivity index (χ3v) is 2.47. The second kappa shape index (κ2) is 4.65. The standard InChI is InChI=1S/C14H15N/c1-2-12-8-10-14(11-9-12)15-13-6-4-3-5-7-13/h2-4,6,8-11,15H,1,5,7H2. The van der Waals surface area contributed by atoms with Crippen LogP contribution in [0.2, 0.25) is 0 Å². The Morgan fingerprint density at radius 2 is 2.00 bits per heavy atom. The van der Waals surface area contributed by atoms with E-state index in [4.69, 9.17) is 0 Å². The van der Waals surface area contributed by atoms with Gasteiger partial charge in [0, 0.05) is 11.4 Å². The first-order valence-electron chi connectivity index (χ1n) is 5.24. The van der Waals surface area contributed by atoms with Gasteiger partial charge in [0.15, 0.2) is 0 Å². The van der Waals surface area contributed by atoms with Gasteiger partial charge in [-0.2, -0.15) is 0 Å². The molecule has 1 aromatic rings. The van der Waals surface area contributed by atoms with Crippen LogP contribution in [0.1, 0.15) is 18.4 Å². The minimum atomic E-state index is 1.10. The lowest BCUT2D eigenvalue weighted by molar-refractivity contribution is 0.967. The van der Waals surface area contributed by atoms with Crippen LogP contribution < -0.4 is 5.32 Å². The SMILES string of the molecule is C=Cc1ccc(NC2=CC=CCC2)cc1. The predicted octanol–water partition coefficient (Wildman–Crippen LogP) is 3.98. The highest BCUT2D eigenvalue weighted by Crippen LogP contribution is 2.17. The molecule has 0 unspecified atom stereocenters. The summed E-state index contributed by atoms with van der Waals surface area (Å²) in [6.07, 6.45) is 10.5. The second-order valence-corrected chi connectivity index (χ2v) is 3.61. The maximum Gasteiger partial charge on any atom is 0.0382 e. The van der Waals surface area contributed by atoms with Gasteiger partial charge >= 0.3 is 0 Å². The molecule has 0 aliphatic heterocycles. The molecule has 0 radical (unpaired) electrons. The van der Waals surface area contributed by atoms with E-state index >= 15 is 0 Å². The summed E-state index contributed by atoms with van der Waals surface area (Å²) in [5, 5.41) is 3.41. The maximum absolute atomic E-state index is 3.74. The number of hydrogen-bond acceptors (Lipinski definition) is 1. The molecular weight excluding hydrogens is 182 g/mol. The highest BCUT2D eigenvalue weighted by molar-refractivity contribution is 5.55. The molecule has 76 valence electrons. The molecule has 0 atom stereocenters. The number of hydrogen-bond donors (Lipinski definition) is 1. The van der Waals surface area contributed by atoms with E-state index in [2.05, 4.69) is 54.4 Å². The van der Waals surface area contributed by atoms with E-state index in [1.165, 1.54) is 5.70 Å². The number of benzene rings is 1. The Balaban J connectivity index is 2.07. The average Bonchev–Trinajstić information content (AvgIpc) is 2.31. The predicted molar refractivity (Wildman–Crippen MR) is 66.6 cm³/mol. The van der Waals surface area contributed by atoms with Crippen molar-refractivity contribution in [3.8, 4) is 0 Å². The Kier molecular flexibility index (Phi) is 3.03. The molecule has 1 nitrogen and oxygen atoms in total. The maximum atomic E-state index is 3.74. The molecule has 0 amide bonds. The molecule has 1 heteroatoms. The van der Waals surface area contributed by atoms with E-state index in [1.807, 2.05) is 6.08 Å². The zero-order chi connectivity index (χ0) is 10.5. The normalized spacial score (nSPS) is 14.5. The zero-order valence-electron chi connectivity index (χ0n) is 8.74. The highest BCUT2D eigenvalue weighted by Gasteiger charge is 1.99. The van der Waals surface area contributed by atoms with Crippen molar-refractivity contribution in [3.05, 3.63) is 60.3 Å². The quantitative estimate of drug-likeness (QED) is 0.773. The third kappa shape index (κ3) is 2.59. The number of rotatable bonds is 3. The average molecular weight is 197 g/mol. The van der Waals surface area contributed by atoms with Crippen molar-refractivity contribution in [1.29, 1.82) is 0 Å². The lowest BCUT2D eigenvalue weighted by atomic mass is 10.1. The van der Waals surface area contributed by atoms with E-state index < -0.39 is 0 Å². The molecule has 0 aromatic heterocycles. The van der Waals surface area contributed by atoms with Crippen LogP contribution in [0.4, 0.5) is 5.69 Å². The van der Waals surface area contributed by atoms with Gasteiger partial charge in [0.2, 0.25) is 0 Å². The van der Waals surface area contributed by atoms with Gasteiger partial charge in [-0.3, -0.25) is 0 Å². The van der Waals surface area contributed by atoms with Crippen molar-refractivity contribution in [2.45, 2.75) is 12.8 Å². The molecule has 0 spiro atoms. The minimum absolute atomic E-state index is 1.10. The fourth-order valence-electron chi connectivity index (χ4n) is 1.59. The summed E-state index contributed by atoms with van der Waals surface area (Å²) in [6.45, 7) is 3.74. The van der Waals surface area contributed by atoms with Crippen molar-refractivity contribution >= 4 is 11.8 Å². The van der Waals surface area contributed by atoms with Crippen LogP contribution in [-0.4, -0.2) is 0 Å². The molecule has 0 fully saturated rings. The summed E-state index contributed by atoms with van der Waals surface area (Å²) in [6, 6.07) is 8.29. The van der Waals surface area contributed by atoms with Gasteiger partial charge in [-0.1, -0.05) is 36.9 Å². The molecule has 0 saturated carbocycles. The van der Waals surface area contributed by atoms with Crippen molar-refractivity contribution < 1.29 is 0 Å². The third-order valence-electron chi connectivity index (χ3n) is 2.47. The Labute approximate surface area is 90.8 Å². The smallest absolute Gasteiger partial charge is 0.0382 e. The van der Waals surface area contributed by atoms with Gasteiger partial charge in [0.25, 0.3) is 0 Å². The van der Waals surface area contributed by atoms with Crippen LogP contribution in [0, 0.1) is 0 Å². The fourth-order valence-corrected chi connectivity index (χ4v) is 1.59. The molecule has 1 aliphatic rings. The fraction of sp³-hybridized carbons (Fsp3) is 0.143. The molecule has 0 bridgehead atoms. The van der Waals surface area contributed by atoms with Gasteiger partial charge in [-0.05, 0) is 36.6 Å². The van der Waals surface area contributed by atoms with E-state index in [1.54, 1.807) is 0 Å². The van der Waals surface area contributed by atoms with Crippen LogP contribution in [-0.2, 0) is 0 Å².